The maximum absolute atomic E-state index is 13.4. The van der Waals surface area contributed by atoms with Gasteiger partial charge in [0.05, 0.1) is 18.7 Å². The third kappa shape index (κ3) is 6.76. The van der Waals surface area contributed by atoms with Crippen molar-refractivity contribution in [2.45, 2.75) is 56.5 Å². The number of amides is 2. The van der Waals surface area contributed by atoms with Crippen LogP contribution in [0.2, 0.25) is 0 Å². The van der Waals surface area contributed by atoms with Crippen LogP contribution in [0.3, 0.4) is 0 Å². The average molecular weight is 457 g/mol. The number of carbonyl (C=O) groups excluding carboxylic acids is 2. The molecule has 3 fully saturated rings. The Hall–Kier alpha value is -2.47. The Morgan fingerprint density at radius 3 is 2.67 bits per heavy atom. The van der Waals surface area contributed by atoms with Gasteiger partial charge in [-0.05, 0) is 37.0 Å². The van der Waals surface area contributed by atoms with Crippen LogP contribution in [0.15, 0.2) is 24.3 Å². The van der Waals surface area contributed by atoms with Gasteiger partial charge in [-0.15, -0.1) is 0 Å². The van der Waals surface area contributed by atoms with Crippen molar-refractivity contribution >= 4 is 11.8 Å². The molecule has 2 amide bonds. The fraction of sp³-hybridized carbons (Fsp3) is 0.600. The summed E-state index contributed by atoms with van der Waals surface area (Å²) in [5.74, 6) is 6.75. The van der Waals surface area contributed by atoms with E-state index in [2.05, 4.69) is 27.8 Å². The molecular formula is C25H33FN4O3. The molecule has 2 heterocycles. The molecule has 8 heteroatoms. The molecule has 0 aromatic heterocycles. The lowest BCUT2D eigenvalue weighted by Gasteiger charge is -2.23. The third-order valence-electron chi connectivity index (χ3n) is 6.45. The summed E-state index contributed by atoms with van der Waals surface area (Å²) in [4.78, 5) is 27.5. The highest BCUT2D eigenvalue weighted by Crippen LogP contribution is 2.27. The van der Waals surface area contributed by atoms with Crippen LogP contribution in [0.4, 0.5) is 4.39 Å². The van der Waals surface area contributed by atoms with Crippen molar-refractivity contribution in [2.24, 2.45) is 5.92 Å². The molecule has 33 heavy (non-hydrogen) atoms. The molecule has 7 nitrogen and oxygen atoms in total. The number of hydrogen-bond acceptors (Lipinski definition) is 5. The molecule has 2 saturated heterocycles. The number of benzene rings is 1. The number of alkyl halides is 1. The van der Waals surface area contributed by atoms with E-state index in [9.17, 15) is 14.0 Å². The quantitative estimate of drug-likeness (QED) is 0.508. The number of nitrogens with zero attached hydrogens (tertiary/aromatic N) is 1. The van der Waals surface area contributed by atoms with Crippen molar-refractivity contribution in [2.75, 3.05) is 33.4 Å². The number of carbonyl (C=O) groups is 2. The smallest absolute Gasteiger partial charge is 0.237 e. The number of hydrogen-bond donors (Lipinski definition) is 3. The van der Waals surface area contributed by atoms with E-state index in [-0.39, 0.29) is 36.9 Å². The lowest BCUT2D eigenvalue weighted by molar-refractivity contribution is -0.126. The van der Waals surface area contributed by atoms with Crippen molar-refractivity contribution < 1.29 is 18.7 Å². The molecule has 3 aliphatic rings. The Morgan fingerprint density at radius 1 is 1.21 bits per heavy atom. The van der Waals surface area contributed by atoms with Gasteiger partial charge in [-0.3, -0.25) is 14.5 Å². The summed E-state index contributed by atoms with van der Waals surface area (Å²) in [5, 5.41) is 8.93. The summed E-state index contributed by atoms with van der Waals surface area (Å²) >= 11 is 0. The molecule has 1 aromatic carbocycles. The Morgan fingerprint density at radius 2 is 2.00 bits per heavy atom. The Kier molecular flexibility index (Phi) is 7.97. The molecule has 0 unspecified atom stereocenters. The van der Waals surface area contributed by atoms with E-state index >= 15 is 0 Å². The summed E-state index contributed by atoms with van der Waals surface area (Å²) < 4.78 is 18.6. The Bertz CT molecular complexity index is 893. The van der Waals surface area contributed by atoms with Crippen molar-refractivity contribution in [3.63, 3.8) is 0 Å². The van der Waals surface area contributed by atoms with Gasteiger partial charge in [-0.1, -0.05) is 24.0 Å². The topological polar surface area (TPSA) is 82.7 Å². The molecule has 178 valence electrons. The summed E-state index contributed by atoms with van der Waals surface area (Å²) in [5.41, 5.74) is 2.01. The zero-order valence-corrected chi connectivity index (χ0v) is 19.1. The molecule has 4 atom stereocenters. The van der Waals surface area contributed by atoms with Gasteiger partial charge in [0.1, 0.15) is 6.17 Å². The summed E-state index contributed by atoms with van der Waals surface area (Å²) in [6.45, 7) is 2.31. The number of nitrogens with one attached hydrogen (secondary N) is 3. The Balaban J connectivity index is 1.29. The number of halogens is 1. The van der Waals surface area contributed by atoms with E-state index in [0.29, 0.717) is 38.6 Å². The van der Waals surface area contributed by atoms with Gasteiger partial charge >= 0.3 is 0 Å². The van der Waals surface area contributed by atoms with Crippen molar-refractivity contribution in [1.29, 1.82) is 0 Å². The minimum atomic E-state index is -0.986. The fourth-order valence-corrected chi connectivity index (χ4v) is 4.36. The summed E-state index contributed by atoms with van der Waals surface area (Å²) in [6.07, 6.45) is 2.14. The minimum Gasteiger partial charge on any atom is -0.383 e. The van der Waals surface area contributed by atoms with Gasteiger partial charge in [0.2, 0.25) is 11.8 Å². The number of likely N-dealkylation sites (tertiary alicyclic amines) is 1. The van der Waals surface area contributed by atoms with E-state index in [0.717, 1.165) is 11.1 Å². The van der Waals surface area contributed by atoms with Crippen molar-refractivity contribution in [3.8, 4) is 11.8 Å². The molecular weight excluding hydrogens is 423 g/mol. The maximum Gasteiger partial charge on any atom is 0.237 e. The SMILES string of the molecule is COCCN1C[C@H](NC(=O)[C@@H]2C[C@H](F)CN2)C[C@@H]1C(=O)NCc1ccc(C#CC2CC2)cc1. The first-order chi connectivity index (χ1) is 16.0. The predicted molar refractivity (Wildman–Crippen MR) is 123 cm³/mol. The first kappa shape index (κ1) is 23.7. The van der Waals surface area contributed by atoms with E-state index in [1.165, 1.54) is 12.8 Å². The second-order valence-corrected chi connectivity index (χ2v) is 9.20. The van der Waals surface area contributed by atoms with Crippen LogP contribution in [0.25, 0.3) is 0 Å². The molecule has 0 spiro atoms. The zero-order chi connectivity index (χ0) is 23.2. The third-order valence-corrected chi connectivity index (χ3v) is 6.45. The van der Waals surface area contributed by atoms with Gasteiger partial charge in [0.15, 0.2) is 0 Å². The summed E-state index contributed by atoms with van der Waals surface area (Å²) in [7, 11) is 1.63. The fourth-order valence-electron chi connectivity index (χ4n) is 4.36. The van der Waals surface area contributed by atoms with Crippen LogP contribution >= 0.6 is 0 Å². The van der Waals surface area contributed by atoms with E-state index < -0.39 is 12.2 Å². The van der Waals surface area contributed by atoms with E-state index in [1.807, 2.05) is 29.2 Å². The lowest BCUT2D eigenvalue weighted by Crippen LogP contribution is -2.46. The second kappa shape index (κ2) is 11.1. The molecule has 3 N–H and O–H groups in total. The highest BCUT2D eigenvalue weighted by Gasteiger charge is 2.38. The molecule has 4 rings (SSSR count). The molecule has 0 radical (unpaired) electrons. The first-order valence-electron chi connectivity index (χ1n) is 11.8. The number of methoxy groups -OCH3 is 1. The largest absolute Gasteiger partial charge is 0.383 e. The van der Waals surface area contributed by atoms with Gasteiger partial charge < -0.3 is 20.7 Å². The van der Waals surface area contributed by atoms with Crippen LogP contribution in [-0.2, 0) is 20.9 Å². The minimum absolute atomic E-state index is 0.0664. The first-order valence-corrected chi connectivity index (χ1v) is 11.8. The summed E-state index contributed by atoms with van der Waals surface area (Å²) in [6, 6.07) is 6.95. The standard InChI is InChI=1S/C25H33FN4O3/c1-33-11-10-30-16-21(29-24(31)22-12-20(26)15-27-22)13-23(30)25(32)28-14-19-8-6-18(7-9-19)5-4-17-2-3-17/h6-9,17,20-23,27H,2-3,10-16H2,1H3,(H,28,32)(H,29,31)/t20-,21+,22-,23+/m0/s1. The zero-order valence-electron chi connectivity index (χ0n) is 19.1. The van der Waals surface area contributed by atoms with Gasteiger partial charge in [-0.25, -0.2) is 4.39 Å². The van der Waals surface area contributed by atoms with Crippen LogP contribution in [0.5, 0.6) is 0 Å². The molecule has 1 saturated carbocycles. The predicted octanol–water partition coefficient (Wildman–Crippen LogP) is 0.970. The highest BCUT2D eigenvalue weighted by molar-refractivity contribution is 5.84. The van der Waals surface area contributed by atoms with Crippen molar-refractivity contribution in [1.82, 2.24) is 20.9 Å². The van der Waals surface area contributed by atoms with Gasteiger partial charge in [0, 0.05) is 57.2 Å². The van der Waals surface area contributed by atoms with Crippen LogP contribution in [-0.4, -0.2) is 74.4 Å². The molecule has 1 aliphatic carbocycles. The number of rotatable bonds is 8. The van der Waals surface area contributed by atoms with Gasteiger partial charge in [-0.2, -0.15) is 0 Å². The average Bonchev–Trinajstić information content (AvgIpc) is 3.41. The van der Waals surface area contributed by atoms with Crippen LogP contribution < -0.4 is 16.0 Å². The van der Waals surface area contributed by atoms with Crippen LogP contribution in [0.1, 0.15) is 36.8 Å². The second-order valence-electron chi connectivity index (χ2n) is 9.20. The Labute approximate surface area is 194 Å². The highest BCUT2D eigenvalue weighted by atomic mass is 19.1. The maximum atomic E-state index is 13.4. The van der Waals surface area contributed by atoms with E-state index in [1.54, 1.807) is 7.11 Å². The van der Waals surface area contributed by atoms with Crippen molar-refractivity contribution in [3.05, 3.63) is 35.4 Å². The van der Waals surface area contributed by atoms with Crippen LogP contribution in [0, 0.1) is 17.8 Å². The number of ether oxygens (including phenoxy) is 1. The molecule has 0 bridgehead atoms. The monoisotopic (exact) mass is 456 g/mol. The molecule has 2 aliphatic heterocycles. The van der Waals surface area contributed by atoms with Gasteiger partial charge in [0.25, 0.3) is 0 Å². The molecule has 1 aromatic rings. The lowest BCUT2D eigenvalue weighted by atomic mass is 10.1. The van der Waals surface area contributed by atoms with E-state index in [4.69, 9.17) is 4.74 Å². The normalized spacial score (nSPS) is 27.1.